The molecule has 1 aliphatic rings. The second-order valence-corrected chi connectivity index (χ2v) is 2.46. The van der Waals surface area contributed by atoms with E-state index in [0.717, 1.165) is 0 Å². The molecule has 1 atom stereocenters. The summed E-state index contributed by atoms with van der Waals surface area (Å²) in [6.07, 6.45) is 1.22. The van der Waals surface area contributed by atoms with E-state index >= 15 is 0 Å². The Kier molecular flexibility index (Phi) is 1.73. The van der Waals surface area contributed by atoms with Gasteiger partial charge in [0.1, 0.15) is 6.33 Å². The third-order valence-corrected chi connectivity index (χ3v) is 1.64. The van der Waals surface area contributed by atoms with Gasteiger partial charge in [0.2, 0.25) is 6.23 Å². The highest BCUT2D eigenvalue weighted by Gasteiger charge is 2.26. The lowest BCUT2D eigenvalue weighted by Gasteiger charge is -2.07. The molecule has 68 valence electrons. The number of rotatable bonds is 1. The lowest BCUT2D eigenvalue weighted by Crippen LogP contribution is -2.25. The van der Waals surface area contributed by atoms with E-state index in [1.54, 1.807) is 0 Å². The van der Waals surface area contributed by atoms with Crippen LogP contribution in [-0.4, -0.2) is 22.3 Å². The van der Waals surface area contributed by atoms with Gasteiger partial charge in [-0.05, 0) is 0 Å². The van der Waals surface area contributed by atoms with Gasteiger partial charge in [-0.25, -0.2) is 9.78 Å². The molecule has 1 unspecified atom stereocenters. The molecule has 1 fully saturated rings. The molecule has 0 N–H and O–H groups in total. The molecule has 6 heteroatoms. The van der Waals surface area contributed by atoms with Crippen molar-refractivity contribution >= 4 is 6.16 Å². The Hall–Kier alpha value is -1.85. The van der Waals surface area contributed by atoms with Crippen LogP contribution in [0.5, 0.6) is 0 Å². The third-order valence-electron chi connectivity index (χ3n) is 1.64. The van der Waals surface area contributed by atoms with E-state index in [-0.39, 0.29) is 12.2 Å². The van der Waals surface area contributed by atoms with Gasteiger partial charge in [0, 0.05) is 12.3 Å². The van der Waals surface area contributed by atoms with Crippen LogP contribution >= 0.6 is 0 Å². The summed E-state index contributed by atoms with van der Waals surface area (Å²) in [5.41, 5.74) is -0.279. The van der Waals surface area contributed by atoms with Crippen LogP contribution in [0.1, 0.15) is 6.23 Å². The van der Waals surface area contributed by atoms with Crippen LogP contribution in [0.4, 0.5) is 4.79 Å². The summed E-state index contributed by atoms with van der Waals surface area (Å²) in [4.78, 5) is 25.5. The lowest BCUT2D eigenvalue weighted by atomic mass is 10.5. The summed E-state index contributed by atoms with van der Waals surface area (Å²) in [5.74, 6) is 0. The van der Waals surface area contributed by atoms with Gasteiger partial charge in [-0.15, -0.1) is 0 Å². The Morgan fingerprint density at radius 2 is 2.38 bits per heavy atom. The molecule has 0 radical (unpaired) electrons. The van der Waals surface area contributed by atoms with E-state index in [2.05, 4.69) is 14.5 Å². The Morgan fingerprint density at radius 3 is 3.00 bits per heavy atom. The molecule has 1 aromatic heterocycles. The molecule has 0 saturated carbocycles. The number of cyclic esters (lactones) is 2. The standard InChI is InChI=1S/C7H6N2O4/c10-5-1-2-8-4-9(5)6-3-12-7(11)13-6/h1-2,4,6H,3H2. The third kappa shape index (κ3) is 1.37. The predicted octanol–water partition coefficient (Wildman–Crippen LogP) is -0.0913. The fourth-order valence-corrected chi connectivity index (χ4v) is 1.03. The van der Waals surface area contributed by atoms with E-state index in [4.69, 9.17) is 0 Å². The molecule has 13 heavy (non-hydrogen) atoms. The molecular weight excluding hydrogens is 176 g/mol. The van der Waals surface area contributed by atoms with Crippen LogP contribution in [0.2, 0.25) is 0 Å². The number of hydrogen-bond acceptors (Lipinski definition) is 5. The number of hydrogen-bond donors (Lipinski definition) is 0. The second-order valence-electron chi connectivity index (χ2n) is 2.46. The molecule has 0 aromatic carbocycles. The number of nitrogens with zero attached hydrogens (tertiary/aromatic N) is 2. The van der Waals surface area contributed by atoms with Crippen LogP contribution in [0, 0.1) is 0 Å². The first kappa shape index (κ1) is 7.78. The molecule has 0 bridgehead atoms. The molecule has 2 rings (SSSR count). The van der Waals surface area contributed by atoms with Crippen LogP contribution < -0.4 is 5.56 Å². The number of aromatic nitrogens is 2. The summed E-state index contributed by atoms with van der Waals surface area (Å²) >= 11 is 0. The first-order chi connectivity index (χ1) is 6.27. The zero-order valence-corrected chi connectivity index (χ0v) is 6.54. The van der Waals surface area contributed by atoms with Crippen molar-refractivity contribution in [2.45, 2.75) is 6.23 Å². The smallest absolute Gasteiger partial charge is 0.428 e. The van der Waals surface area contributed by atoms with Gasteiger partial charge >= 0.3 is 6.16 Å². The molecule has 1 saturated heterocycles. The maximum absolute atomic E-state index is 11.2. The van der Waals surface area contributed by atoms with E-state index < -0.39 is 12.4 Å². The minimum absolute atomic E-state index is 0.0461. The number of carbonyl (C=O) groups is 1. The van der Waals surface area contributed by atoms with Gasteiger partial charge in [0.25, 0.3) is 5.56 Å². The molecule has 0 amide bonds. The van der Waals surface area contributed by atoms with Crippen LogP contribution in [0.3, 0.4) is 0 Å². The molecule has 1 aliphatic heterocycles. The minimum Gasteiger partial charge on any atom is -0.428 e. The highest BCUT2D eigenvalue weighted by atomic mass is 16.8. The van der Waals surface area contributed by atoms with Crippen molar-refractivity contribution in [2.75, 3.05) is 6.61 Å². The fraction of sp³-hybridized carbons (Fsp3) is 0.286. The Bertz CT molecular complexity index is 386. The number of carbonyl (C=O) groups excluding carboxylic acids is 1. The summed E-state index contributed by atoms with van der Waals surface area (Å²) in [6, 6.07) is 1.28. The van der Waals surface area contributed by atoms with Crippen molar-refractivity contribution in [3.8, 4) is 0 Å². The highest BCUT2D eigenvalue weighted by molar-refractivity contribution is 5.61. The predicted molar refractivity (Wildman–Crippen MR) is 40.0 cm³/mol. The minimum atomic E-state index is -0.763. The van der Waals surface area contributed by atoms with E-state index in [1.165, 1.54) is 23.2 Å². The van der Waals surface area contributed by atoms with Crippen molar-refractivity contribution in [3.05, 3.63) is 28.9 Å². The van der Waals surface area contributed by atoms with Crippen molar-refractivity contribution in [3.63, 3.8) is 0 Å². The van der Waals surface area contributed by atoms with Gasteiger partial charge < -0.3 is 9.47 Å². The molecular formula is C7H6N2O4. The van der Waals surface area contributed by atoms with E-state index in [9.17, 15) is 9.59 Å². The van der Waals surface area contributed by atoms with Gasteiger partial charge in [-0.2, -0.15) is 0 Å². The first-order valence-corrected chi connectivity index (χ1v) is 3.63. The first-order valence-electron chi connectivity index (χ1n) is 3.63. The summed E-state index contributed by atoms with van der Waals surface area (Å²) < 4.78 is 10.4. The Morgan fingerprint density at radius 1 is 1.54 bits per heavy atom. The monoisotopic (exact) mass is 182 g/mol. The largest absolute Gasteiger partial charge is 0.510 e. The maximum atomic E-state index is 11.2. The lowest BCUT2D eigenvalue weighted by molar-refractivity contribution is 0.0934. The van der Waals surface area contributed by atoms with Gasteiger partial charge in [0.15, 0.2) is 6.61 Å². The van der Waals surface area contributed by atoms with Crippen LogP contribution in [-0.2, 0) is 9.47 Å². The Labute approximate surface area is 72.7 Å². The molecule has 0 aliphatic carbocycles. The van der Waals surface area contributed by atoms with Gasteiger partial charge in [-0.1, -0.05) is 0 Å². The van der Waals surface area contributed by atoms with Crippen molar-refractivity contribution in [1.29, 1.82) is 0 Å². The van der Waals surface area contributed by atoms with Crippen LogP contribution in [0.15, 0.2) is 23.4 Å². The average molecular weight is 182 g/mol. The summed E-state index contributed by atoms with van der Waals surface area (Å²) in [5, 5.41) is 0. The maximum Gasteiger partial charge on any atom is 0.510 e. The van der Waals surface area contributed by atoms with E-state index in [1.807, 2.05) is 0 Å². The average Bonchev–Trinajstić information content (AvgIpc) is 2.53. The summed E-state index contributed by atoms with van der Waals surface area (Å²) in [7, 11) is 0. The molecule has 2 heterocycles. The molecule has 1 aromatic rings. The molecule has 0 spiro atoms. The van der Waals surface area contributed by atoms with Gasteiger partial charge in [0.05, 0.1) is 0 Å². The molecule has 6 nitrogen and oxygen atoms in total. The fourth-order valence-electron chi connectivity index (χ4n) is 1.03. The SMILES string of the molecule is O=C1OCC(n2cnccc2=O)O1. The zero-order chi connectivity index (χ0) is 9.26. The number of ether oxygens (including phenoxy) is 2. The summed E-state index contributed by atoms with van der Waals surface area (Å²) in [6.45, 7) is 0.0461. The quantitative estimate of drug-likeness (QED) is 0.567. The van der Waals surface area contributed by atoms with Gasteiger partial charge in [-0.3, -0.25) is 9.36 Å². The second kappa shape index (κ2) is 2.89. The Balaban J connectivity index is 2.31. The topological polar surface area (TPSA) is 70.4 Å². The van der Waals surface area contributed by atoms with Crippen molar-refractivity contribution in [1.82, 2.24) is 9.55 Å². The van der Waals surface area contributed by atoms with Crippen molar-refractivity contribution in [2.24, 2.45) is 0 Å². The highest BCUT2D eigenvalue weighted by Crippen LogP contribution is 2.14. The van der Waals surface area contributed by atoms with Crippen molar-refractivity contribution < 1.29 is 14.3 Å². The van der Waals surface area contributed by atoms with E-state index in [0.29, 0.717) is 0 Å². The van der Waals surface area contributed by atoms with Crippen LogP contribution in [0.25, 0.3) is 0 Å². The normalized spacial score (nSPS) is 20.9. The zero-order valence-electron chi connectivity index (χ0n) is 6.54.